The summed E-state index contributed by atoms with van der Waals surface area (Å²) in [5.74, 6) is 3.72. The van der Waals surface area contributed by atoms with Gasteiger partial charge in [0.1, 0.15) is 5.76 Å². The molecule has 1 aromatic carbocycles. The van der Waals surface area contributed by atoms with Gasteiger partial charge in [0, 0.05) is 40.7 Å². The van der Waals surface area contributed by atoms with Crippen molar-refractivity contribution in [3.8, 4) is 12.3 Å². The Labute approximate surface area is 195 Å². The fraction of sp³-hybridized carbons (Fsp3) is 0.308. The minimum absolute atomic E-state index is 0. The van der Waals surface area contributed by atoms with Crippen LogP contribution in [0, 0.1) is 18.8 Å². The molecule has 1 fully saturated rings. The van der Waals surface area contributed by atoms with Crippen molar-refractivity contribution in [2.24, 2.45) is 0 Å². The number of amides is 1. The van der Waals surface area contributed by atoms with Crippen LogP contribution in [0.25, 0.3) is 0 Å². The van der Waals surface area contributed by atoms with Gasteiger partial charge in [-0.15, -0.1) is 6.42 Å². The van der Waals surface area contributed by atoms with Gasteiger partial charge in [-0.2, -0.15) is 0 Å². The van der Waals surface area contributed by atoms with E-state index in [1.165, 1.54) is 11.1 Å². The first kappa shape index (κ1) is 23.1. The molecule has 1 N–H and O–H groups in total. The number of methoxy groups -OCH3 is 1. The number of rotatable bonds is 5. The summed E-state index contributed by atoms with van der Waals surface area (Å²) in [6, 6.07) is 8.32. The Kier molecular flexibility index (Phi) is 7.61. The first-order valence-electron chi connectivity index (χ1n) is 10.4. The quantitative estimate of drug-likeness (QED) is 0.539. The molecule has 2 aliphatic heterocycles. The molecule has 2 aliphatic carbocycles. The van der Waals surface area contributed by atoms with Crippen molar-refractivity contribution in [3.05, 3.63) is 84.0 Å². The predicted octanol–water partition coefficient (Wildman–Crippen LogP) is 3.83. The van der Waals surface area contributed by atoms with Crippen molar-refractivity contribution in [2.45, 2.75) is 30.7 Å². The first-order valence-corrected chi connectivity index (χ1v) is 10.4. The third kappa shape index (κ3) is 4.29. The van der Waals surface area contributed by atoms with Gasteiger partial charge in [-0.3, -0.25) is 4.79 Å². The number of nitrogens with one attached hydrogen (secondary N) is 1. The Balaban J connectivity index is 0.000000401. The SMILES string of the molecule is C#CCNCCC12C=C(OC)C=C3CCC(=O)N(c4ccccc41)C32.[CH]1C=CC=C1.[Co]. The van der Waals surface area contributed by atoms with Gasteiger partial charge in [-0.25, -0.2) is 0 Å². The van der Waals surface area contributed by atoms with Crippen LogP contribution in [0.2, 0.25) is 0 Å². The maximum atomic E-state index is 12.7. The van der Waals surface area contributed by atoms with E-state index in [0.29, 0.717) is 13.0 Å². The largest absolute Gasteiger partial charge is 0.497 e. The van der Waals surface area contributed by atoms with Gasteiger partial charge < -0.3 is 15.0 Å². The summed E-state index contributed by atoms with van der Waals surface area (Å²) in [4.78, 5) is 14.8. The molecule has 5 rings (SSSR count). The Bertz CT molecular complexity index is 975. The average molecular weight is 458 g/mol. The van der Waals surface area contributed by atoms with Crippen molar-refractivity contribution < 1.29 is 26.3 Å². The van der Waals surface area contributed by atoms with Crippen molar-refractivity contribution in [1.29, 1.82) is 0 Å². The van der Waals surface area contributed by atoms with Crippen LogP contribution in [0.1, 0.15) is 24.8 Å². The topological polar surface area (TPSA) is 41.6 Å². The van der Waals surface area contributed by atoms with E-state index in [0.717, 1.165) is 30.8 Å². The first-order chi connectivity index (χ1) is 14.7. The van der Waals surface area contributed by atoms with Crippen molar-refractivity contribution >= 4 is 11.6 Å². The molecule has 1 saturated heterocycles. The fourth-order valence-electron chi connectivity index (χ4n) is 4.90. The van der Waals surface area contributed by atoms with Crippen molar-refractivity contribution in [3.63, 3.8) is 0 Å². The normalized spacial score (nSPS) is 24.1. The summed E-state index contributed by atoms with van der Waals surface area (Å²) in [6.07, 6.45) is 21.9. The van der Waals surface area contributed by atoms with Crippen LogP contribution < -0.4 is 10.2 Å². The summed E-state index contributed by atoms with van der Waals surface area (Å²) >= 11 is 0. The molecule has 5 heteroatoms. The van der Waals surface area contributed by atoms with E-state index in [9.17, 15) is 4.79 Å². The zero-order chi connectivity index (χ0) is 21.0. The van der Waals surface area contributed by atoms with Gasteiger partial charge >= 0.3 is 0 Å². The van der Waals surface area contributed by atoms with E-state index in [1.54, 1.807) is 7.11 Å². The number of ether oxygens (including phenoxy) is 1. The van der Waals surface area contributed by atoms with Crippen molar-refractivity contribution in [2.75, 3.05) is 25.1 Å². The second kappa shape index (κ2) is 10.2. The zero-order valence-corrected chi connectivity index (χ0v) is 18.7. The Morgan fingerprint density at radius 2 is 2.00 bits per heavy atom. The Morgan fingerprint density at radius 3 is 2.68 bits per heavy atom. The second-order valence-corrected chi connectivity index (χ2v) is 7.79. The van der Waals surface area contributed by atoms with Gasteiger partial charge in [-0.05, 0) is 48.7 Å². The van der Waals surface area contributed by atoms with Crippen LogP contribution >= 0.6 is 0 Å². The van der Waals surface area contributed by atoms with Crippen molar-refractivity contribution in [1.82, 2.24) is 5.32 Å². The van der Waals surface area contributed by atoms with Crippen LogP contribution in [-0.2, 0) is 31.7 Å². The number of nitrogens with zero attached hydrogens (tertiary/aromatic N) is 1. The number of hydrogen-bond acceptors (Lipinski definition) is 3. The smallest absolute Gasteiger partial charge is 0.227 e. The molecule has 4 aliphatic rings. The third-order valence-electron chi connectivity index (χ3n) is 6.12. The van der Waals surface area contributed by atoms with E-state index >= 15 is 0 Å². The van der Waals surface area contributed by atoms with Crippen LogP contribution in [0.5, 0.6) is 0 Å². The van der Waals surface area contributed by atoms with Crippen LogP contribution in [-0.4, -0.2) is 32.1 Å². The Morgan fingerprint density at radius 1 is 1.23 bits per heavy atom. The van der Waals surface area contributed by atoms with Crippen LogP contribution in [0.15, 0.2) is 72.1 Å². The van der Waals surface area contributed by atoms with Crippen LogP contribution in [0.3, 0.4) is 0 Å². The molecule has 0 aromatic heterocycles. The molecule has 0 bridgehead atoms. The number of hydrogen-bond donors (Lipinski definition) is 1. The molecule has 2 radical (unpaired) electrons. The number of anilines is 1. The van der Waals surface area contributed by atoms with E-state index in [-0.39, 0.29) is 34.1 Å². The number of carbonyl (C=O) groups excluding carboxylic acids is 1. The molecular formula is C26H27CoN2O2. The minimum Gasteiger partial charge on any atom is -0.497 e. The molecule has 0 saturated carbocycles. The van der Waals surface area contributed by atoms with Crippen LogP contribution in [0.4, 0.5) is 5.69 Å². The number of para-hydroxylation sites is 1. The van der Waals surface area contributed by atoms with Gasteiger partial charge in [-0.1, -0.05) is 48.4 Å². The fourth-order valence-corrected chi connectivity index (χ4v) is 4.90. The third-order valence-corrected chi connectivity index (χ3v) is 6.12. The van der Waals surface area contributed by atoms with E-state index in [2.05, 4.69) is 41.6 Å². The standard InChI is InChI=1S/C21H22N2O2.C5H5.Co/c1-3-11-22-12-10-21-14-16(25-2)13-15-8-9-19(24)23(20(15)21)18-7-5-4-6-17(18)21;1-2-4-5-3-1;/h1,4-7,13-14,20,22H,8-12H2,2H3;1-5H;. The van der Waals surface area contributed by atoms with Gasteiger partial charge in [0.2, 0.25) is 5.91 Å². The Hall–Kier alpha value is -2.52. The number of terminal acetylenes is 1. The molecule has 2 unspecified atom stereocenters. The average Bonchev–Trinajstić information content (AvgIpc) is 3.44. The molecule has 2 atom stereocenters. The monoisotopic (exact) mass is 458 g/mol. The zero-order valence-electron chi connectivity index (χ0n) is 17.6. The van der Waals surface area contributed by atoms with Gasteiger partial charge in [0.25, 0.3) is 0 Å². The summed E-state index contributed by atoms with van der Waals surface area (Å²) in [6.45, 7) is 1.34. The van der Waals surface area contributed by atoms with Gasteiger partial charge in [0.05, 0.1) is 19.7 Å². The summed E-state index contributed by atoms with van der Waals surface area (Å²) < 4.78 is 5.61. The number of benzene rings is 1. The summed E-state index contributed by atoms with van der Waals surface area (Å²) in [7, 11) is 1.71. The molecule has 162 valence electrons. The number of piperidine rings is 1. The minimum atomic E-state index is -0.260. The van der Waals surface area contributed by atoms with E-state index < -0.39 is 0 Å². The molecule has 1 amide bonds. The summed E-state index contributed by atoms with van der Waals surface area (Å²) in [5, 5.41) is 3.30. The molecule has 1 aromatic rings. The molecule has 4 nitrogen and oxygen atoms in total. The maximum Gasteiger partial charge on any atom is 0.227 e. The molecule has 0 spiro atoms. The predicted molar refractivity (Wildman–Crippen MR) is 121 cm³/mol. The number of allylic oxidation sites excluding steroid dienone is 5. The van der Waals surface area contributed by atoms with Gasteiger partial charge in [0.15, 0.2) is 0 Å². The molecular weight excluding hydrogens is 431 g/mol. The second-order valence-electron chi connectivity index (χ2n) is 7.79. The number of carbonyl (C=O) groups is 1. The van der Waals surface area contributed by atoms with E-state index in [1.807, 2.05) is 41.7 Å². The van der Waals surface area contributed by atoms with E-state index in [4.69, 9.17) is 11.2 Å². The molecule has 2 heterocycles. The molecule has 31 heavy (non-hydrogen) atoms. The maximum absolute atomic E-state index is 12.7. The number of fused-ring (bicyclic) bond motifs is 3. The summed E-state index contributed by atoms with van der Waals surface area (Å²) in [5.41, 5.74) is 3.27.